The highest BCUT2D eigenvalue weighted by molar-refractivity contribution is 5.31. The SMILES string of the molecule is CCOc1ccc(CCCO)c(F)c1F. The van der Waals surface area contributed by atoms with Crippen molar-refractivity contribution in [3.05, 3.63) is 29.3 Å². The molecule has 0 saturated carbocycles. The third kappa shape index (κ3) is 2.89. The Morgan fingerprint density at radius 3 is 2.60 bits per heavy atom. The minimum absolute atomic E-state index is 0.0335. The number of aryl methyl sites for hydroxylation is 1. The van der Waals surface area contributed by atoms with Crippen LogP contribution in [0.25, 0.3) is 0 Å². The Hall–Kier alpha value is -1.16. The van der Waals surface area contributed by atoms with Crippen molar-refractivity contribution in [3.63, 3.8) is 0 Å². The topological polar surface area (TPSA) is 29.5 Å². The first-order chi connectivity index (χ1) is 7.20. The second-order valence-electron chi connectivity index (χ2n) is 3.11. The highest BCUT2D eigenvalue weighted by atomic mass is 19.2. The minimum Gasteiger partial charge on any atom is -0.491 e. The van der Waals surface area contributed by atoms with Gasteiger partial charge in [0.2, 0.25) is 5.82 Å². The first kappa shape index (κ1) is 11.9. The molecule has 0 amide bonds. The molecule has 84 valence electrons. The molecule has 0 atom stereocenters. The summed E-state index contributed by atoms with van der Waals surface area (Å²) in [5.41, 5.74) is 0.269. The van der Waals surface area contributed by atoms with E-state index < -0.39 is 11.6 Å². The lowest BCUT2D eigenvalue weighted by atomic mass is 10.1. The second kappa shape index (κ2) is 5.66. The van der Waals surface area contributed by atoms with E-state index in [1.54, 1.807) is 6.92 Å². The average molecular weight is 216 g/mol. The van der Waals surface area contributed by atoms with E-state index in [1.165, 1.54) is 12.1 Å². The highest BCUT2D eigenvalue weighted by Gasteiger charge is 2.13. The Morgan fingerprint density at radius 2 is 2.00 bits per heavy atom. The quantitative estimate of drug-likeness (QED) is 0.818. The molecule has 1 aromatic rings. The molecule has 2 nitrogen and oxygen atoms in total. The van der Waals surface area contributed by atoms with Crippen molar-refractivity contribution in [2.75, 3.05) is 13.2 Å². The first-order valence-electron chi connectivity index (χ1n) is 4.91. The lowest BCUT2D eigenvalue weighted by molar-refractivity contribution is 0.287. The van der Waals surface area contributed by atoms with Crippen molar-refractivity contribution in [3.8, 4) is 5.75 Å². The van der Waals surface area contributed by atoms with Crippen LogP contribution < -0.4 is 4.74 Å². The molecular weight excluding hydrogens is 202 g/mol. The van der Waals surface area contributed by atoms with Gasteiger partial charge < -0.3 is 9.84 Å². The number of ether oxygens (including phenoxy) is 1. The summed E-state index contributed by atoms with van der Waals surface area (Å²) >= 11 is 0. The molecule has 4 heteroatoms. The zero-order valence-corrected chi connectivity index (χ0v) is 8.59. The Morgan fingerprint density at radius 1 is 1.27 bits per heavy atom. The average Bonchev–Trinajstić information content (AvgIpc) is 2.24. The summed E-state index contributed by atoms with van der Waals surface area (Å²) in [4.78, 5) is 0. The number of benzene rings is 1. The molecule has 0 saturated heterocycles. The molecule has 0 heterocycles. The van der Waals surface area contributed by atoms with Gasteiger partial charge in [0.1, 0.15) is 0 Å². The Kier molecular flexibility index (Phi) is 4.49. The van der Waals surface area contributed by atoms with Gasteiger partial charge in [-0.3, -0.25) is 0 Å². The maximum atomic E-state index is 13.4. The zero-order chi connectivity index (χ0) is 11.3. The maximum Gasteiger partial charge on any atom is 0.200 e. The molecule has 0 aliphatic carbocycles. The predicted molar refractivity (Wildman–Crippen MR) is 52.9 cm³/mol. The number of hydrogen-bond acceptors (Lipinski definition) is 2. The van der Waals surface area contributed by atoms with Gasteiger partial charge in [-0.15, -0.1) is 0 Å². The molecule has 1 rings (SSSR count). The van der Waals surface area contributed by atoms with Gasteiger partial charge in [0.15, 0.2) is 11.6 Å². The van der Waals surface area contributed by atoms with Crippen molar-refractivity contribution >= 4 is 0 Å². The molecule has 0 aromatic heterocycles. The Balaban J connectivity index is 2.88. The number of halogens is 2. The van der Waals surface area contributed by atoms with Crippen LogP contribution in [0.1, 0.15) is 18.9 Å². The zero-order valence-electron chi connectivity index (χ0n) is 8.59. The van der Waals surface area contributed by atoms with E-state index in [2.05, 4.69) is 0 Å². The Labute approximate surface area is 87.5 Å². The lowest BCUT2D eigenvalue weighted by Gasteiger charge is -2.08. The standard InChI is InChI=1S/C11H14F2O2/c1-2-15-9-6-5-8(4-3-7-14)10(12)11(9)13/h5-6,14H,2-4,7H2,1H3. The molecule has 0 bridgehead atoms. The maximum absolute atomic E-state index is 13.4. The van der Waals surface area contributed by atoms with Gasteiger partial charge >= 0.3 is 0 Å². The largest absolute Gasteiger partial charge is 0.491 e. The van der Waals surface area contributed by atoms with Crippen LogP contribution in [0.15, 0.2) is 12.1 Å². The fraction of sp³-hybridized carbons (Fsp3) is 0.455. The third-order valence-corrected chi connectivity index (χ3v) is 2.03. The van der Waals surface area contributed by atoms with E-state index >= 15 is 0 Å². The molecule has 15 heavy (non-hydrogen) atoms. The molecule has 0 radical (unpaired) electrons. The van der Waals surface area contributed by atoms with E-state index in [1.807, 2.05) is 0 Å². The summed E-state index contributed by atoms with van der Waals surface area (Å²) in [7, 11) is 0. The van der Waals surface area contributed by atoms with Crippen LogP contribution in [0.4, 0.5) is 8.78 Å². The fourth-order valence-electron chi connectivity index (χ4n) is 1.30. The highest BCUT2D eigenvalue weighted by Crippen LogP contribution is 2.23. The lowest BCUT2D eigenvalue weighted by Crippen LogP contribution is -2.01. The Bertz CT molecular complexity index is 327. The van der Waals surface area contributed by atoms with Crippen LogP contribution in [-0.4, -0.2) is 18.3 Å². The van der Waals surface area contributed by atoms with Crippen molar-refractivity contribution in [1.29, 1.82) is 0 Å². The van der Waals surface area contributed by atoms with E-state index in [-0.39, 0.29) is 17.9 Å². The van der Waals surface area contributed by atoms with Gasteiger partial charge in [-0.25, -0.2) is 4.39 Å². The summed E-state index contributed by atoms with van der Waals surface area (Å²) in [6, 6.07) is 2.90. The fourth-order valence-corrected chi connectivity index (χ4v) is 1.30. The van der Waals surface area contributed by atoms with Gasteiger partial charge in [-0.05, 0) is 31.4 Å². The summed E-state index contributed by atoms with van der Waals surface area (Å²) < 4.78 is 31.6. The van der Waals surface area contributed by atoms with Crippen LogP contribution >= 0.6 is 0 Å². The molecule has 0 spiro atoms. The van der Waals surface area contributed by atoms with Crippen LogP contribution in [-0.2, 0) is 6.42 Å². The van der Waals surface area contributed by atoms with E-state index in [0.29, 0.717) is 19.4 Å². The molecule has 0 unspecified atom stereocenters. The number of rotatable bonds is 5. The monoisotopic (exact) mass is 216 g/mol. The van der Waals surface area contributed by atoms with Gasteiger partial charge in [0.05, 0.1) is 6.61 Å². The summed E-state index contributed by atoms with van der Waals surface area (Å²) in [6.45, 7) is 1.97. The molecule has 1 aromatic carbocycles. The summed E-state index contributed by atoms with van der Waals surface area (Å²) in [5, 5.41) is 8.59. The van der Waals surface area contributed by atoms with Gasteiger partial charge in [0.25, 0.3) is 0 Å². The van der Waals surface area contributed by atoms with Crippen molar-refractivity contribution in [1.82, 2.24) is 0 Å². The minimum atomic E-state index is -0.952. The van der Waals surface area contributed by atoms with Crippen LogP contribution in [0.5, 0.6) is 5.75 Å². The van der Waals surface area contributed by atoms with Crippen molar-refractivity contribution in [2.45, 2.75) is 19.8 Å². The van der Waals surface area contributed by atoms with Gasteiger partial charge in [-0.1, -0.05) is 6.07 Å². The third-order valence-electron chi connectivity index (χ3n) is 2.03. The van der Waals surface area contributed by atoms with E-state index in [9.17, 15) is 8.78 Å². The molecule has 0 fully saturated rings. The van der Waals surface area contributed by atoms with E-state index in [0.717, 1.165) is 0 Å². The molecule has 0 aliphatic heterocycles. The van der Waals surface area contributed by atoms with Crippen LogP contribution in [0.3, 0.4) is 0 Å². The number of hydrogen-bond donors (Lipinski definition) is 1. The first-order valence-corrected chi connectivity index (χ1v) is 4.91. The van der Waals surface area contributed by atoms with Crippen molar-refractivity contribution in [2.24, 2.45) is 0 Å². The van der Waals surface area contributed by atoms with Gasteiger partial charge in [0, 0.05) is 6.61 Å². The van der Waals surface area contributed by atoms with Gasteiger partial charge in [-0.2, -0.15) is 4.39 Å². The van der Waals surface area contributed by atoms with Crippen molar-refractivity contribution < 1.29 is 18.6 Å². The smallest absolute Gasteiger partial charge is 0.200 e. The summed E-state index contributed by atoms with van der Waals surface area (Å²) in [6.07, 6.45) is 0.746. The summed E-state index contributed by atoms with van der Waals surface area (Å²) in [5.74, 6) is -1.90. The van der Waals surface area contributed by atoms with Crippen LogP contribution in [0, 0.1) is 11.6 Å². The molecule has 1 N–H and O–H groups in total. The van der Waals surface area contributed by atoms with Crippen LogP contribution in [0.2, 0.25) is 0 Å². The molecule has 0 aliphatic rings. The molecular formula is C11H14F2O2. The second-order valence-corrected chi connectivity index (χ2v) is 3.11. The van der Waals surface area contributed by atoms with E-state index in [4.69, 9.17) is 9.84 Å². The predicted octanol–water partition coefficient (Wildman–Crippen LogP) is 2.29. The number of aliphatic hydroxyl groups is 1. The number of aliphatic hydroxyl groups excluding tert-OH is 1. The normalized spacial score (nSPS) is 10.4.